The maximum atomic E-state index is 12.3. The molecule has 1 aromatic heterocycles. The number of nitrogens with zero attached hydrogens (tertiary/aromatic N) is 2. The minimum atomic E-state index is -0.213. The van der Waals surface area contributed by atoms with Crippen molar-refractivity contribution in [3.8, 4) is 5.75 Å². The summed E-state index contributed by atoms with van der Waals surface area (Å²) < 4.78 is 10.8. The van der Waals surface area contributed by atoms with Crippen molar-refractivity contribution in [2.45, 2.75) is 25.4 Å². The molecule has 1 aliphatic heterocycles. The van der Waals surface area contributed by atoms with Crippen LogP contribution in [-0.4, -0.2) is 48.8 Å². The van der Waals surface area contributed by atoms with E-state index in [9.17, 15) is 4.79 Å². The first-order chi connectivity index (χ1) is 12.7. The quantitative estimate of drug-likeness (QED) is 0.753. The van der Waals surface area contributed by atoms with Crippen LogP contribution in [0, 0.1) is 0 Å². The molecule has 0 spiro atoms. The number of carbonyl (C=O) groups is 1. The number of carbonyl (C=O) groups excluding carboxylic acids is 1. The van der Waals surface area contributed by atoms with Crippen LogP contribution in [0.2, 0.25) is 0 Å². The molecule has 1 aliphatic rings. The van der Waals surface area contributed by atoms with Gasteiger partial charge in [0, 0.05) is 25.8 Å². The van der Waals surface area contributed by atoms with E-state index in [1.807, 2.05) is 24.3 Å². The van der Waals surface area contributed by atoms with Crippen LogP contribution in [0.15, 0.2) is 36.7 Å². The van der Waals surface area contributed by atoms with Crippen molar-refractivity contribution in [2.75, 3.05) is 32.1 Å². The Morgan fingerprint density at radius 2 is 2.27 bits per heavy atom. The van der Waals surface area contributed by atoms with Crippen LogP contribution in [0.4, 0.5) is 5.82 Å². The van der Waals surface area contributed by atoms with Gasteiger partial charge >= 0.3 is 0 Å². The zero-order valence-corrected chi connectivity index (χ0v) is 14.9. The zero-order chi connectivity index (χ0) is 18.2. The number of hydrogen-bond acceptors (Lipinski definition) is 6. The Labute approximate surface area is 153 Å². The second kappa shape index (κ2) is 9.15. The minimum absolute atomic E-state index is 0.213. The average molecular weight is 356 g/mol. The molecule has 1 amide bonds. The van der Waals surface area contributed by atoms with E-state index < -0.39 is 0 Å². The first-order valence-electron chi connectivity index (χ1n) is 8.83. The van der Waals surface area contributed by atoms with Gasteiger partial charge < -0.3 is 20.1 Å². The highest BCUT2D eigenvalue weighted by Crippen LogP contribution is 2.14. The lowest BCUT2D eigenvalue weighted by Gasteiger charge is -2.11. The van der Waals surface area contributed by atoms with Crippen LogP contribution in [-0.2, 0) is 11.2 Å². The number of benzene rings is 1. The van der Waals surface area contributed by atoms with Crippen LogP contribution >= 0.6 is 0 Å². The highest BCUT2D eigenvalue weighted by molar-refractivity contribution is 5.92. The zero-order valence-electron chi connectivity index (χ0n) is 14.9. The molecule has 0 radical (unpaired) electrons. The summed E-state index contributed by atoms with van der Waals surface area (Å²) in [6, 6.07) is 9.47. The van der Waals surface area contributed by atoms with Crippen LogP contribution in [0.3, 0.4) is 0 Å². The van der Waals surface area contributed by atoms with E-state index in [1.54, 1.807) is 13.2 Å². The number of nitrogens with one attached hydrogen (secondary N) is 2. The number of aromatic nitrogens is 2. The van der Waals surface area contributed by atoms with Gasteiger partial charge in [0.2, 0.25) is 0 Å². The Balaban J connectivity index is 1.48. The molecule has 0 saturated carbocycles. The molecule has 2 N–H and O–H groups in total. The lowest BCUT2D eigenvalue weighted by Crippen LogP contribution is -2.27. The van der Waals surface area contributed by atoms with Crippen molar-refractivity contribution in [1.82, 2.24) is 15.3 Å². The normalized spacial score (nSPS) is 16.3. The molecule has 26 heavy (non-hydrogen) atoms. The van der Waals surface area contributed by atoms with Crippen molar-refractivity contribution < 1.29 is 14.3 Å². The number of anilines is 1. The molecular weight excluding hydrogens is 332 g/mol. The first-order valence-corrected chi connectivity index (χ1v) is 8.83. The molecule has 1 aromatic carbocycles. The molecule has 1 saturated heterocycles. The molecular formula is C19H24N4O3. The fourth-order valence-corrected chi connectivity index (χ4v) is 2.84. The summed E-state index contributed by atoms with van der Waals surface area (Å²) in [5.74, 6) is 1.23. The molecule has 138 valence electrons. The van der Waals surface area contributed by atoms with Crippen LogP contribution in [0.1, 0.15) is 28.9 Å². The number of amides is 1. The van der Waals surface area contributed by atoms with Crippen molar-refractivity contribution in [1.29, 1.82) is 0 Å². The number of ether oxygens (including phenoxy) is 2. The van der Waals surface area contributed by atoms with Crippen molar-refractivity contribution in [3.05, 3.63) is 47.9 Å². The summed E-state index contributed by atoms with van der Waals surface area (Å²) >= 11 is 0. The Kier molecular flexibility index (Phi) is 6.38. The highest BCUT2D eigenvalue weighted by Gasteiger charge is 2.15. The highest BCUT2D eigenvalue weighted by atomic mass is 16.5. The van der Waals surface area contributed by atoms with Gasteiger partial charge in [-0.2, -0.15) is 0 Å². The average Bonchev–Trinajstić information content (AvgIpc) is 3.20. The third-order valence-corrected chi connectivity index (χ3v) is 4.27. The summed E-state index contributed by atoms with van der Waals surface area (Å²) in [4.78, 5) is 20.5. The van der Waals surface area contributed by atoms with Gasteiger partial charge in [0.25, 0.3) is 5.91 Å². The Bertz CT molecular complexity index is 732. The number of methoxy groups -OCH3 is 1. The molecule has 0 bridgehead atoms. The Morgan fingerprint density at radius 3 is 3.08 bits per heavy atom. The summed E-state index contributed by atoms with van der Waals surface area (Å²) in [5, 5.41) is 6.09. The molecule has 7 nitrogen and oxygen atoms in total. The lowest BCUT2D eigenvalue weighted by molar-refractivity contribution is 0.0949. The maximum Gasteiger partial charge on any atom is 0.270 e. The first kappa shape index (κ1) is 18.1. The molecule has 2 aromatic rings. The number of rotatable bonds is 8. The summed E-state index contributed by atoms with van der Waals surface area (Å²) in [5.41, 5.74) is 1.45. The van der Waals surface area contributed by atoms with Gasteiger partial charge in [-0.05, 0) is 37.0 Å². The van der Waals surface area contributed by atoms with Gasteiger partial charge in [-0.25, -0.2) is 9.97 Å². The summed E-state index contributed by atoms with van der Waals surface area (Å²) in [6.45, 7) is 2.03. The summed E-state index contributed by atoms with van der Waals surface area (Å²) in [7, 11) is 1.64. The van der Waals surface area contributed by atoms with Gasteiger partial charge in [-0.1, -0.05) is 12.1 Å². The van der Waals surface area contributed by atoms with Gasteiger partial charge in [0.05, 0.1) is 13.2 Å². The standard InChI is InChI=1S/C19H24N4O3/c1-25-15-5-2-4-14(10-15)7-8-20-19(24)17-11-18(23-13-22-17)21-12-16-6-3-9-26-16/h2,4-5,10-11,13,16H,3,6-9,12H2,1H3,(H,20,24)(H,21,22,23). The summed E-state index contributed by atoms with van der Waals surface area (Å²) in [6.07, 6.45) is 4.48. The second-order valence-corrected chi connectivity index (χ2v) is 6.16. The van der Waals surface area contributed by atoms with Gasteiger partial charge in [-0.3, -0.25) is 4.79 Å². The second-order valence-electron chi connectivity index (χ2n) is 6.16. The smallest absolute Gasteiger partial charge is 0.270 e. The predicted molar refractivity (Wildman–Crippen MR) is 98.5 cm³/mol. The SMILES string of the molecule is COc1cccc(CCNC(=O)c2cc(NCC3CCCO3)ncn2)c1. The topological polar surface area (TPSA) is 85.4 Å². The monoisotopic (exact) mass is 356 g/mol. The molecule has 2 heterocycles. The molecule has 1 unspecified atom stereocenters. The fraction of sp³-hybridized carbons (Fsp3) is 0.421. The van der Waals surface area contributed by atoms with Crippen LogP contribution in [0.5, 0.6) is 5.75 Å². The Hall–Kier alpha value is -2.67. The fourth-order valence-electron chi connectivity index (χ4n) is 2.84. The van der Waals surface area contributed by atoms with Gasteiger partial charge in [-0.15, -0.1) is 0 Å². The van der Waals surface area contributed by atoms with Gasteiger partial charge in [0.1, 0.15) is 23.6 Å². The molecule has 1 fully saturated rings. The van der Waals surface area contributed by atoms with Crippen molar-refractivity contribution in [3.63, 3.8) is 0 Å². The van der Waals surface area contributed by atoms with E-state index >= 15 is 0 Å². The lowest BCUT2D eigenvalue weighted by atomic mass is 10.1. The van der Waals surface area contributed by atoms with E-state index in [0.717, 1.165) is 37.2 Å². The van der Waals surface area contributed by atoms with Gasteiger partial charge in [0.15, 0.2) is 0 Å². The molecule has 0 aliphatic carbocycles. The third-order valence-electron chi connectivity index (χ3n) is 4.27. The van der Waals surface area contributed by atoms with E-state index in [4.69, 9.17) is 9.47 Å². The van der Waals surface area contributed by atoms with Crippen molar-refractivity contribution >= 4 is 11.7 Å². The Morgan fingerprint density at radius 1 is 1.35 bits per heavy atom. The predicted octanol–water partition coefficient (Wildman–Crippen LogP) is 2.05. The van der Waals surface area contributed by atoms with Crippen LogP contribution in [0.25, 0.3) is 0 Å². The van der Waals surface area contributed by atoms with Crippen LogP contribution < -0.4 is 15.4 Å². The van der Waals surface area contributed by atoms with E-state index in [0.29, 0.717) is 24.6 Å². The van der Waals surface area contributed by atoms with E-state index in [1.165, 1.54) is 6.33 Å². The minimum Gasteiger partial charge on any atom is -0.497 e. The van der Waals surface area contributed by atoms with E-state index in [-0.39, 0.29) is 12.0 Å². The largest absolute Gasteiger partial charge is 0.497 e. The van der Waals surface area contributed by atoms with E-state index in [2.05, 4.69) is 20.6 Å². The molecule has 1 atom stereocenters. The third kappa shape index (κ3) is 5.16. The number of hydrogen-bond donors (Lipinski definition) is 2. The maximum absolute atomic E-state index is 12.3. The molecule has 3 rings (SSSR count). The van der Waals surface area contributed by atoms with Crippen molar-refractivity contribution in [2.24, 2.45) is 0 Å². The molecule has 7 heteroatoms.